The van der Waals surface area contributed by atoms with Gasteiger partial charge >= 0.3 is 5.97 Å². The molecule has 8 heteroatoms. The lowest BCUT2D eigenvalue weighted by Gasteiger charge is -2.05. The average molecular weight is 441 g/mol. The van der Waals surface area contributed by atoms with Crippen molar-refractivity contribution >= 4 is 29.7 Å². The van der Waals surface area contributed by atoms with Gasteiger partial charge in [-0.05, 0) is 68.4 Å². The highest BCUT2D eigenvalue weighted by atomic mass is 35.5. The van der Waals surface area contributed by atoms with Crippen LogP contribution in [-0.2, 0) is 4.74 Å². The lowest BCUT2D eigenvalue weighted by atomic mass is 10.1. The van der Waals surface area contributed by atoms with E-state index in [4.69, 9.17) is 25.5 Å². The highest BCUT2D eigenvalue weighted by Crippen LogP contribution is 2.27. The van der Waals surface area contributed by atoms with Gasteiger partial charge < -0.3 is 13.9 Å². The summed E-state index contributed by atoms with van der Waals surface area (Å²) >= 11 is 6.09. The molecule has 0 radical (unpaired) electrons. The molecule has 3 aromatic rings. The van der Waals surface area contributed by atoms with Crippen LogP contribution in [-0.4, -0.2) is 31.3 Å². The van der Waals surface area contributed by atoms with Gasteiger partial charge in [0.2, 0.25) is 0 Å². The van der Waals surface area contributed by atoms with E-state index in [1.54, 1.807) is 61.5 Å². The monoisotopic (exact) mass is 440 g/mol. The van der Waals surface area contributed by atoms with E-state index in [-0.39, 0.29) is 18.1 Å². The van der Waals surface area contributed by atoms with E-state index >= 15 is 0 Å². The fourth-order valence-electron chi connectivity index (χ4n) is 2.71. The van der Waals surface area contributed by atoms with E-state index < -0.39 is 5.97 Å². The van der Waals surface area contributed by atoms with Crippen molar-refractivity contribution in [2.45, 2.75) is 13.8 Å². The van der Waals surface area contributed by atoms with Crippen molar-refractivity contribution in [2.24, 2.45) is 5.10 Å². The summed E-state index contributed by atoms with van der Waals surface area (Å²) in [4.78, 5) is 24.2. The maximum absolute atomic E-state index is 12.2. The van der Waals surface area contributed by atoms with Crippen LogP contribution in [0.25, 0.3) is 11.3 Å². The van der Waals surface area contributed by atoms with Crippen molar-refractivity contribution in [1.29, 1.82) is 0 Å². The van der Waals surface area contributed by atoms with Gasteiger partial charge in [-0.1, -0.05) is 11.6 Å². The van der Waals surface area contributed by atoms with E-state index in [0.29, 0.717) is 40.0 Å². The number of hydrogen-bond donors (Lipinski definition) is 1. The summed E-state index contributed by atoms with van der Waals surface area (Å²) in [6, 6.07) is 15.1. The van der Waals surface area contributed by atoms with Gasteiger partial charge in [-0.3, -0.25) is 4.79 Å². The highest BCUT2D eigenvalue weighted by molar-refractivity contribution is 6.33. The fraction of sp³-hybridized carbons (Fsp3) is 0.174. The molecule has 0 bridgehead atoms. The number of hydrogen-bond acceptors (Lipinski definition) is 6. The van der Waals surface area contributed by atoms with Crippen molar-refractivity contribution in [3.05, 3.63) is 76.5 Å². The predicted octanol–water partition coefficient (Wildman–Crippen LogP) is 4.94. The van der Waals surface area contributed by atoms with Crippen LogP contribution < -0.4 is 10.2 Å². The Balaban J connectivity index is 1.66. The lowest BCUT2D eigenvalue weighted by molar-refractivity contribution is 0.0526. The second-order valence-corrected chi connectivity index (χ2v) is 6.68. The number of carbonyl (C=O) groups excluding carboxylic acids is 2. The Labute approximate surface area is 184 Å². The molecule has 1 heterocycles. The Morgan fingerprint density at radius 3 is 2.55 bits per heavy atom. The highest BCUT2D eigenvalue weighted by Gasteiger charge is 2.14. The molecule has 31 heavy (non-hydrogen) atoms. The number of halogens is 1. The van der Waals surface area contributed by atoms with E-state index in [1.807, 2.05) is 6.92 Å². The van der Waals surface area contributed by atoms with Gasteiger partial charge in [-0.25, -0.2) is 10.2 Å². The Morgan fingerprint density at radius 1 is 1.06 bits per heavy atom. The van der Waals surface area contributed by atoms with E-state index in [1.165, 1.54) is 6.21 Å². The summed E-state index contributed by atoms with van der Waals surface area (Å²) in [6.45, 7) is 4.42. The third-order valence-electron chi connectivity index (χ3n) is 4.16. The molecule has 0 unspecified atom stereocenters. The molecule has 1 aromatic heterocycles. The zero-order valence-corrected chi connectivity index (χ0v) is 17.8. The molecule has 160 valence electrons. The van der Waals surface area contributed by atoms with Gasteiger partial charge in [0.15, 0.2) is 0 Å². The number of benzene rings is 2. The number of hydrazone groups is 1. The molecule has 0 saturated carbocycles. The lowest BCUT2D eigenvalue weighted by Crippen LogP contribution is -2.17. The molecule has 2 aromatic carbocycles. The molecule has 0 saturated heterocycles. The molecule has 0 atom stereocenters. The van der Waals surface area contributed by atoms with Crippen LogP contribution in [0.5, 0.6) is 5.75 Å². The third kappa shape index (κ3) is 5.73. The number of nitrogens with zero attached hydrogens (tertiary/aromatic N) is 1. The quantitative estimate of drug-likeness (QED) is 0.304. The number of ether oxygens (including phenoxy) is 2. The maximum atomic E-state index is 12.2. The van der Waals surface area contributed by atoms with Gasteiger partial charge in [0.25, 0.3) is 5.91 Å². The van der Waals surface area contributed by atoms with Crippen molar-refractivity contribution in [3.63, 3.8) is 0 Å². The van der Waals surface area contributed by atoms with E-state index in [0.717, 1.165) is 0 Å². The molecule has 0 fully saturated rings. The molecule has 1 N–H and O–H groups in total. The molecule has 0 aliphatic carbocycles. The zero-order valence-electron chi connectivity index (χ0n) is 17.1. The summed E-state index contributed by atoms with van der Waals surface area (Å²) in [5.74, 6) is 0.776. The van der Waals surface area contributed by atoms with Crippen molar-refractivity contribution < 1.29 is 23.5 Å². The minimum Gasteiger partial charge on any atom is -0.494 e. The molecular weight excluding hydrogens is 420 g/mol. The first-order valence-electron chi connectivity index (χ1n) is 9.65. The van der Waals surface area contributed by atoms with Crippen molar-refractivity contribution in [3.8, 4) is 17.1 Å². The first-order valence-corrected chi connectivity index (χ1v) is 10.0. The summed E-state index contributed by atoms with van der Waals surface area (Å²) in [7, 11) is 0. The van der Waals surface area contributed by atoms with Crippen LogP contribution in [0.15, 0.2) is 64.1 Å². The predicted molar refractivity (Wildman–Crippen MR) is 118 cm³/mol. The molecule has 1 amide bonds. The van der Waals surface area contributed by atoms with Crippen molar-refractivity contribution in [1.82, 2.24) is 5.43 Å². The first-order chi connectivity index (χ1) is 15.0. The number of carbonyl (C=O) groups is 2. The maximum Gasteiger partial charge on any atom is 0.339 e. The van der Waals surface area contributed by atoms with Gasteiger partial charge in [-0.2, -0.15) is 5.10 Å². The third-order valence-corrected chi connectivity index (χ3v) is 4.49. The minimum absolute atomic E-state index is 0.253. The number of amides is 1. The first kappa shape index (κ1) is 22.1. The Bertz CT molecular complexity index is 1090. The van der Waals surface area contributed by atoms with Crippen molar-refractivity contribution in [2.75, 3.05) is 13.2 Å². The minimum atomic E-state index is -0.500. The van der Waals surface area contributed by atoms with E-state index in [9.17, 15) is 9.59 Å². The van der Waals surface area contributed by atoms with Crippen LogP contribution in [0.2, 0.25) is 5.02 Å². The Hall–Kier alpha value is -3.58. The molecular formula is C23H21ClN2O5. The Morgan fingerprint density at radius 2 is 1.84 bits per heavy atom. The average Bonchev–Trinajstić information content (AvgIpc) is 3.24. The van der Waals surface area contributed by atoms with Gasteiger partial charge in [-0.15, -0.1) is 0 Å². The second kappa shape index (κ2) is 10.4. The van der Waals surface area contributed by atoms with Gasteiger partial charge in [0.1, 0.15) is 17.3 Å². The van der Waals surface area contributed by atoms with Crippen LogP contribution >= 0.6 is 11.6 Å². The number of esters is 1. The number of furan rings is 1. The number of nitrogens with one attached hydrogen (secondary N) is 1. The largest absolute Gasteiger partial charge is 0.494 e. The number of rotatable bonds is 8. The molecule has 3 rings (SSSR count). The molecule has 0 aliphatic heterocycles. The van der Waals surface area contributed by atoms with Crippen LogP contribution in [0, 0.1) is 0 Å². The van der Waals surface area contributed by atoms with Gasteiger partial charge in [0.05, 0.1) is 30.0 Å². The topological polar surface area (TPSA) is 90.1 Å². The molecule has 7 nitrogen and oxygen atoms in total. The standard InChI is InChI=1S/C23H21ClN2O5/c1-3-29-17-8-5-15(6-9-17)22(27)26-25-14-18-10-12-21(31-18)16-7-11-20(24)19(13-16)23(28)30-4-2/h5-14H,3-4H2,1-2H3,(H,26,27)/b25-14-. The second-order valence-electron chi connectivity index (χ2n) is 6.27. The zero-order chi connectivity index (χ0) is 22.2. The SMILES string of the molecule is CCOC(=O)c1cc(-c2ccc(/C=N\NC(=O)c3ccc(OCC)cc3)o2)ccc1Cl. The summed E-state index contributed by atoms with van der Waals surface area (Å²) in [5, 5.41) is 4.22. The molecule has 0 spiro atoms. The van der Waals surface area contributed by atoms with Crippen LogP contribution in [0.3, 0.4) is 0 Å². The fourth-order valence-corrected chi connectivity index (χ4v) is 2.90. The van der Waals surface area contributed by atoms with E-state index in [2.05, 4.69) is 10.5 Å². The normalized spacial score (nSPS) is 10.8. The Kier molecular flexibility index (Phi) is 7.45. The smallest absolute Gasteiger partial charge is 0.339 e. The van der Waals surface area contributed by atoms with Gasteiger partial charge in [0, 0.05) is 11.1 Å². The summed E-state index contributed by atoms with van der Waals surface area (Å²) in [6.07, 6.45) is 1.39. The summed E-state index contributed by atoms with van der Waals surface area (Å²) in [5.41, 5.74) is 3.81. The summed E-state index contributed by atoms with van der Waals surface area (Å²) < 4.78 is 16.1. The molecule has 0 aliphatic rings. The van der Waals surface area contributed by atoms with Crippen LogP contribution in [0.4, 0.5) is 0 Å². The van der Waals surface area contributed by atoms with Crippen LogP contribution in [0.1, 0.15) is 40.3 Å².